The maximum Gasteiger partial charge on any atom is 0.204 e. The Hall–Kier alpha value is -2.73. The highest BCUT2D eigenvalue weighted by Gasteiger charge is 2.52. The molecule has 0 spiro atoms. The summed E-state index contributed by atoms with van der Waals surface area (Å²) in [4.78, 5) is 19.2. The molecule has 1 unspecified atom stereocenters. The number of aliphatic imine (C=N–C) groups is 1. The number of aryl methyl sites for hydroxylation is 1. The Balaban J connectivity index is 1.86. The van der Waals surface area contributed by atoms with Crippen LogP contribution in [0.4, 0.5) is 15.8 Å². The van der Waals surface area contributed by atoms with Crippen molar-refractivity contribution in [1.29, 1.82) is 0 Å². The summed E-state index contributed by atoms with van der Waals surface area (Å²) in [5.41, 5.74) is -0.0193. The third-order valence-corrected chi connectivity index (χ3v) is 4.81. The Morgan fingerprint density at radius 3 is 2.88 bits per heavy atom. The number of benzene rings is 2. The van der Waals surface area contributed by atoms with E-state index in [1.165, 1.54) is 12.1 Å². The Morgan fingerprint density at radius 2 is 2.12 bits per heavy atom. The molecule has 2 aliphatic heterocycles. The standard InChI is InChI=1S/C19H17FN2O3/c1-11-8-16-14(10-15(11)20)17(23)19(24)6-7-22(18(19)21-16)12-4-3-5-13(9-12)25-2/h3-5,8-10,24H,6-7H2,1-2H3. The number of carbonyl (C=O) groups excluding carboxylic acids is 1. The lowest BCUT2D eigenvalue weighted by molar-refractivity contribution is 0.0601. The van der Waals surface area contributed by atoms with Gasteiger partial charge in [-0.3, -0.25) is 4.79 Å². The predicted octanol–water partition coefficient (Wildman–Crippen LogP) is 3.01. The van der Waals surface area contributed by atoms with Crippen molar-refractivity contribution in [2.75, 3.05) is 18.6 Å². The Bertz CT molecular complexity index is 925. The van der Waals surface area contributed by atoms with E-state index in [1.807, 2.05) is 29.2 Å². The second-order valence-electron chi connectivity index (χ2n) is 6.35. The largest absolute Gasteiger partial charge is 0.497 e. The molecule has 0 saturated carbocycles. The summed E-state index contributed by atoms with van der Waals surface area (Å²) in [7, 11) is 1.58. The molecule has 4 rings (SSSR count). The van der Waals surface area contributed by atoms with E-state index in [-0.39, 0.29) is 17.8 Å². The van der Waals surface area contributed by atoms with Gasteiger partial charge in [0.2, 0.25) is 5.78 Å². The van der Waals surface area contributed by atoms with Crippen LogP contribution in [-0.2, 0) is 0 Å². The molecule has 1 N–H and O–H groups in total. The fourth-order valence-electron chi connectivity index (χ4n) is 3.39. The van der Waals surface area contributed by atoms with Gasteiger partial charge in [-0.2, -0.15) is 0 Å². The number of rotatable bonds is 2. The smallest absolute Gasteiger partial charge is 0.204 e. The highest BCUT2D eigenvalue weighted by molar-refractivity contribution is 6.28. The maximum atomic E-state index is 13.9. The van der Waals surface area contributed by atoms with Crippen molar-refractivity contribution in [3.05, 3.63) is 53.3 Å². The lowest BCUT2D eigenvalue weighted by Crippen LogP contribution is -2.48. The number of hydrogen-bond acceptors (Lipinski definition) is 5. The van der Waals surface area contributed by atoms with Gasteiger partial charge in [-0.05, 0) is 36.8 Å². The van der Waals surface area contributed by atoms with Crippen LogP contribution < -0.4 is 9.64 Å². The van der Waals surface area contributed by atoms with Crippen LogP contribution in [-0.4, -0.2) is 36.0 Å². The van der Waals surface area contributed by atoms with Gasteiger partial charge in [0.15, 0.2) is 5.60 Å². The van der Waals surface area contributed by atoms with E-state index in [1.54, 1.807) is 14.0 Å². The number of ketones is 1. The van der Waals surface area contributed by atoms with Crippen molar-refractivity contribution < 1.29 is 19.0 Å². The highest BCUT2D eigenvalue weighted by Crippen LogP contribution is 2.40. The number of Topliss-reactive ketones (excluding diaryl/α,β-unsaturated/α-hetero) is 1. The van der Waals surface area contributed by atoms with Gasteiger partial charge in [0.05, 0.1) is 12.8 Å². The van der Waals surface area contributed by atoms with Crippen LogP contribution >= 0.6 is 0 Å². The first kappa shape index (κ1) is 15.8. The summed E-state index contributed by atoms with van der Waals surface area (Å²) in [5, 5.41) is 11.0. The minimum atomic E-state index is -1.72. The van der Waals surface area contributed by atoms with Gasteiger partial charge in [0.25, 0.3) is 0 Å². The molecule has 0 amide bonds. The molecular weight excluding hydrogens is 323 g/mol. The minimum Gasteiger partial charge on any atom is -0.497 e. The third-order valence-electron chi connectivity index (χ3n) is 4.81. The van der Waals surface area contributed by atoms with Crippen LogP contribution in [0.25, 0.3) is 0 Å². The molecule has 2 aromatic carbocycles. The summed E-state index contributed by atoms with van der Waals surface area (Å²) in [6, 6.07) is 10.1. The molecule has 1 fully saturated rings. The molecule has 2 aliphatic rings. The van der Waals surface area contributed by atoms with Crippen LogP contribution in [0.2, 0.25) is 0 Å². The molecule has 6 heteroatoms. The number of methoxy groups -OCH3 is 1. The zero-order valence-electron chi connectivity index (χ0n) is 13.9. The van der Waals surface area contributed by atoms with E-state index < -0.39 is 17.2 Å². The first-order valence-electron chi connectivity index (χ1n) is 8.02. The number of hydrogen-bond donors (Lipinski definition) is 1. The lowest BCUT2D eigenvalue weighted by Gasteiger charge is -2.30. The van der Waals surface area contributed by atoms with E-state index in [0.29, 0.717) is 23.5 Å². The fourth-order valence-corrected chi connectivity index (χ4v) is 3.39. The molecule has 0 aromatic heterocycles. The number of fused-ring (bicyclic) bond motifs is 2. The third kappa shape index (κ3) is 2.25. The van der Waals surface area contributed by atoms with Crippen LogP contribution in [0.1, 0.15) is 22.3 Å². The van der Waals surface area contributed by atoms with Crippen molar-refractivity contribution >= 4 is 23.0 Å². The van der Waals surface area contributed by atoms with Gasteiger partial charge in [-0.25, -0.2) is 9.38 Å². The molecule has 5 nitrogen and oxygen atoms in total. The van der Waals surface area contributed by atoms with Gasteiger partial charge in [-0.1, -0.05) is 6.07 Å². The zero-order valence-corrected chi connectivity index (χ0v) is 13.9. The summed E-state index contributed by atoms with van der Waals surface area (Å²) >= 11 is 0. The molecule has 128 valence electrons. The Morgan fingerprint density at radius 1 is 1.32 bits per heavy atom. The summed E-state index contributed by atoms with van der Waals surface area (Å²) < 4.78 is 19.1. The van der Waals surface area contributed by atoms with Gasteiger partial charge in [0, 0.05) is 30.3 Å². The molecule has 0 radical (unpaired) electrons. The van der Waals surface area contributed by atoms with Gasteiger partial charge in [-0.15, -0.1) is 0 Å². The van der Waals surface area contributed by atoms with Gasteiger partial charge in [0.1, 0.15) is 17.4 Å². The number of aliphatic hydroxyl groups is 1. The van der Waals surface area contributed by atoms with Crippen molar-refractivity contribution in [3.63, 3.8) is 0 Å². The second-order valence-corrected chi connectivity index (χ2v) is 6.35. The molecule has 25 heavy (non-hydrogen) atoms. The van der Waals surface area contributed by atoms with E-state index in [0.717, 1.165) is 5.69 Å². The number of amidine groups is 1. The number of nitrogens with zero attached hydrogens (tertiary/aromatic N) is 2. The predicted molar refractivity (Wildman–Crippen MR) is 92.5 cm³/mol. The minimum absolute atomic E-state index is 0.127. The second kappa shape index (κ2) is 5.39. The molecule has 1 saturated heterocycles. The average Bonchev–Trinajstić information content (AvgIpc) is 2.95. The maximum absolute atomic E-state index is 13.9. The first-order chi connectivity index (χ1) is 11.9. The Labute approximate surface area is 144 Å². The number of ether oxygens (including phenoxy) is 1. The summed E-state index contributed by atoms with van der Waals surface area (Å²) in [6.07, 6.45) is 0.205. The molecule has 0 aliphatic carbocycles. The van der Waals surface area contributed by atoms with Crippen molar-refractivity contribution in [1.82, 2.24) is 0 Å². The zero-order chi connectivity index (χ0) is 17.8. The molecular formula is C19H17FN2O3. The Kier molecular flexibility index (Phi) is 3.40. The highest BCUT2D eigenvalue weighted by atomic mass is 19.1. The SMILES string of the molecule is COc1cccc(N2CCC3(O)C(=O)c4cc(F)c(C)cc4N=C23)c1. The topological polar surface area (TPSA) is 62.1 Å². The van der Waals surface area contributed by atoms with Crippen LogP contribution in [0.15, 0.2) is 41.4 Å². The fraction of sp³-hybridized carbons (Fsp3) is 0.263. The monoisotopic (exact) mass is 340 g/mol. The van der Waals surface area contributed by atoms with Gasteiger partial charge >= 0.3 is 0 Å². The van der Waals surface area contributed by atoms with Crippen LogP contribution in [0.5, 0.6) is 5.75 Å². The first-order valence-corrected chi connectivity index (χ1v) is 8.02. The normalized spacial score (nSPS) is 21.7. The van der Waals surface area contributed by atoms with Gasteiger partial charge < -0.3 is 14.7 Å². The number of halogens is 1. The van der Waals surface area contributed by atoms with E-state index in [2.05, 4.69) is 4.99 Å². The summed E-state index contributed by atoms with van der Waals surface area (Å²) in [6.45, 7) is 2.05. The molecule has 0 bridgehead atoms. The number of anilines is 1. The van der Waals surface area contributed by atoms with Crippen molar-refractivity contribution in [2.24, 2.45) is 4.99 Å². The quantitative estimate of drug-likeness (QED) is 0.913. The average molecular weight is 340 g/mol. The molecule has 2 heterocycles. The molecule has 1 atom stereocenters. The van der Waals surface area contributed by atoms with Crippen LogP contribution in [0, 0.1) is 12.7 Å². The lowest BCUT2D eigenvalue weighted by atomic mass is 9.87. The van der Waals surface area contributed by atoms with Crippen molar-refractivity contribution in [3.8, 4) is 5.75 Å². The summed E-state index contributed by atoms with van der Waals surface area (Å²) in [5.74, 6) is -0.0213. The van der Waals surface area contributed by atoms with E-state index >= 15 is 0 Å². The van der Waals surface area contributed by atoms with Crippen LogP contribution in [0.3, 0.4) is 0 Å². The van der Waals surface area contributed by atoms with Crippen molar-refractivity contribution in [2.45, 2.75) is 18.9 Å². The van der Waals surface area contributed by atoms with E-state index in [9.17, 15) is 14.3 Å². The molecule has 2 aromatic rings. The van der Waals surface area contributed by atoms with E-state index in [4.69, 9.17) is 4.74 Å². The number of carbonyl (C=O) groups is 1.